The number of hydrogen-bond donors (Lipinski definition) is 3. The Labute approximate surface area is 193 Å². The van der Waals surface area contributed by atoms with Crippen LogP contribution in [0.25, 0.3) is 11.1 Å². The first-order valence-corrected chi connectivity index (χ1v) is 11.5. The molecule has 2 aromatic rings. The lowest BCUT2D eigenvalue weighted by molar-refractivity contribution is -0.142. The van der Waals surface area contributed by atoms with Gasteiger partial charge in [-0.3, -0.25) is 9.59 Å². The Morgan fingerprint density at radius 3 is 2.30 bits per heavy atom. The van der Waals surface area contributed by atoms with Crippen LogP contribution in [-0.4, -0.2) is 42.3 Å². The van der Waals surface area contributed by atoms with E-state index in [0.717, 1.165) is 17.5 Å². The summed E-state index contributed by atoms with van der Waals surface area (Å²) in [5.41, 5.74) is 4.66. The molecule has 2 aliphatic carbocycles. The smallest absolute Gasteiger partial charge is 0.407 e. The van der Waals surface area contributed by atoms with Gasteiger partial charge in [-0.1, -0.05) is 61.9 Å². The maximum Gasteiger partial charge on any atom is 0.407 e. The van der Waals surface area contributed by atoms with E-state index in [-0.39, 0.29) is 36.8 Å². The Morgan fingerprint density at radius 2 is 1.67 bits per heavy atom. The van der Waals surface area contributed by atoms with Gasteiger partial charge < -0.3 is 20.5 Å². The van der Waals surface area contributed by atoms with Gasteiger partial charge in [0.15, 0.2) is 0 Å². The van der Waals surface area contributed by atoms with Crippen molar-refractivity contribution in [2.75, 3.05) is 13.2 Å². The van der Waals surface area contributed by atoms with Gasteiger partial charge in [0.05, 0.1) is 5.92 Å². The van der Waals surface area contributed by atoms with E-state index >= 15 is 0 Å². The quantitative estimate of drug-likeness (QED) is 0.565. The second-order valence-corrected chi connectivity index (χ2v) is 9.07. The molecule has 0 bridgehead atoms. The molecule has 174 valence electrons. The van der Waals surface area contributed by atoms with E-state index in [1.807, 2.05) is 31.2 Å². The van der Waals surface area contributed by atoms with Crippen LogP contribution in [0.2, 0.25) is 0 Å². The predicted molar refractivity (Wildman–Crippen MR) is 124 cm³/mol. The molecule has 0 spiro atoms. The molecule has 0 aromatic heterocycles. The van der Waals surface area contributed by atoms with E-state index in [1.165, 1.54) is 11.1 Å². The van der Waals surface area contributed by atoms with E-state index in [4.69, 9.17) is 4.74 Å². The van der Waals surface area contributed by atoms with Gasteiger partial charge in [0.1, 0.15) is 6.61 Å². The monoisotopic (exact) mass is 450 g/mol. The molecule has 3 unspecified atom stereocenters. The van der Waals surface area contributed by atoms with Crippen molar-refractivity contribution >= 4 is 18.0 Å². The fraction of sp³-hybridized carbons (Fsp3) is 0.423. The summed E-state index contributed by atoms with van der Waals surface area (Å²) in [6, 6.07) is 16.0. The van der Waals surface area contributed by atoms with Crippen molar-refractivity contribution < 1.29 is 24.2 Å². The number of fused-ring (bicyclic) bond motifs is 3. The average molecular weight is 451 g/mol. The van der Waals surface area contributed by atoms with Crippen molar-refractivity contribution in [3.63, 3.8) is 0 Å². The average Bonchev–Trinajstić information content (AvgIpc) is 3.39. The molecule has 3 atom stereocenters. The lowest BCUT2D eigenvalue weighted by Gasteiger charge is -2.19. The topological polar surface area (TPSA) is 105 Å². The first-order chi connectivity index (χ1) is 15.9. The lowest BCUT2D eigenvalue weighted by atomic mass is 9.98. The maximum absolute atomic E-state index is 12.3. The summed E-state index contributed by atoms with van der Waals surface area (Å²) in [5, 5.41) is 14.8. The Morgan fingerprint density at radius 1 is 1.03 bits per heavy atom. The first-order valence-electron chi connectivity index (χ1n) is 11.5. The van der Waals surface area contributed by atoms with Crippen LogP contribution in [0.5, 0.6) is 0 Å². The molecule has 0 radical (unpaired) electrons. The van der Waals surface area contributed by atoms with Gasteiger partial charge in [-0.2, -0.15) is 0 Å². The number of carboxylic acids is 1. The molecule has 1 saturated carbocycles. The van der Waals surface area contributed by atoms with Crippen LogP contribution in [0.1, 0.15) is 49.7 Å². The van der Waals surface area contributed by atoms with Gasteiger partial charge in [0.25, 0.3) is 0 Å². The normalized spacial score (nSPS) is 19.9. The summed E-state index contributed by atoms with van der Waals surface area (Å²) < 4.78 is 5.53. The summed E-state index contributed by atoms with van der Waals surface area (Å²) in [4.78, 5) is 35.9. The van der Waals surface area contributed by atoms with Crippen LogP contribution in [0, 0.1) is 11.8 Å². The Kier molecular flexibility index (Phi) is 6.96. The van der Waals surface area contributed by atoms with E-state index < -0.39 is 18.0 Å². The van der Waals surface area contributed by atoms with Crippen LogP contribution in [-0.2, 0) is 14.3 Å². The number of carbonyl (C=O) groups is 3. The number of nitrogens with one attached hydrogen (secondary N) is 2. The number of rotatable bonds is 8. The molecule has 2 aliphatic rings. The van der Waals surface area contributed by atoms with Crippen molar-refractivity contribution in [2.45, 2.75) is 44.6 Å². The highest BCUT2D eigenvalue weighted by Gasteiger charge is 2.34. The van der Waals surface area contributed by atoms with Crippen molar-refractivity contribution in [1.82, 2.24) is 10.6 Å². The molecule has 2 amide bonds. The molecule has 7 heteroatoms. The predicted octanol–water partition coefficient (Wildman–Crippen LogP) is 3.92. The third-order valence-electron chi connectivity index (χ3n) is 6.65. The minimum absolute atomic E-state index is 0.0000519. The summed E-state index contributed by atoms with van der Waals surface area (Å²) >= 11 is 0. The second kappa shape index (κ2) is 10.1. The van der Waals surface area contributed by atoms with E-state index in [2.05, 4.69) is 34.9 Å². The number of ether oxygens (including phenoxy) is 1. The minimum Gasteiger partial charge on any atom is -0.481 e. The third-order valence-corrected chi connectivity index (χ3v) is 6.65. The Hall–Kier alpha value is -3.35. The minimum atomic E-state index is -0.859. The highest BCUT2D eigenvalue weighted by atomic mass is 16.5. The highest BCUT2D eigenvalue weighted by molar-refractivity contribution is 5.79. The van der Waals surface area contributed by atoms with Crippen LogP contribution in [0.15, 0.2) is 48.5 Å². The zero-order chi connectivity index (χ0) is 23.4. The molecular formula is C26H30N2O5. The number of amides is 2. The molecule has 1 fully saturated rings. The molecular weight excluding hydrogens is 420 g/mol. The molecule has 0 aliphatic heterocycles. The van der Waals surface area contributed by atoms with Gasteiger partial charge in [0, 0.05) is 24.9 Å². The van der Waals surface area contributed by atoms with E-state index in [0.29, 0.717) is 19.4 Å². The van der Waals surface area contributed by atoms with Crippen LogP contribution < -0.4 is 10.6 Å². The Balaban J connectivity index is 1.23. The third kappa shape index (κ3) is 5.18. The summed E-state index contributed by atoms with van der Waals surface area (Å²) in [5.74, 6) is -1.66. The standard InChI is InChI=1S/C26H30N2O5/c1-16(13-24(29)28-23-12-6-11-21(23)25(30)31)14-27-26(32)33-15-22-19-9-4-2-7-17(19)18-8-3-5-10-20(18)22/h2-5,7-10,16,21-23H,6,11-15H2,1H3,(H,27,32)(H,28,29)(H,30,31). The molecule has 7 nitrogen and oxygen atoms in total. The molecule has 33 heavy (non-hydrogen) atoms. The van der Waals surface area contributed by atoms with Gasteiger partial charge >= 0.3 is 12.1 Å². The number of alkyl carbamates (subject to hydrolysis) is 1. The maximum atomic E-state index is 12.3. The summed E-state index contributed by atoms with van der Waals surface area (Å²) in [6.07, 6.45) is 1.80. The van der Waals surface area contributed by atoms with Gasteiger partial charge in [0.2, 0.25) is 5.91 Å². The Bertz CT molecular complexity index is 991. The van der Waals surface area contributed by atoms with Crippen LogP contribution >= 0.6 is 0 Å². The summed E-state index contributed by atoms with van der Waals surface area (Å²) in [6.45, 7) is 2.41. The van der Waals surface area contributed by atoms with E-state index in [9.17, 15) is 19.5 Å². The fourth-order valence-corrected chi connectivity index (χ4v) is 4.99. The summed E-state index contributed by atoms with van der Waals surface area (Å²) in [7, 11) is 0. The SMILES string of the molecule is CC(CNC(=O)OCC1c2ccccc2-c2ccccc21)CC(=O)NC1CCCC1C(=O)O. The first kappa shape index (κ1) is 22.8. The lowest BCUT2D eigenvalue weighted by Crippen LogP contribution is -2.41. The molecule has 0 heterocycles. The number of carboxylic acid groups (broad SMARTS) is 1. The highest BCUT2D eigenvalue weighted by Crippen LogP contribution is 2.44. The van der Waals surface area contributed by atoms with Crippen molar-refractivity contribution in [3.05, 3.63) is 59.7 Å². The van der Waals surface area contributed by atoms with Crippen molar-refractivity contribution in [2.24, 2.45) is 11.8 Å². The van der Waals surface area contributed by atoms with Gasteiger partial charge in [-0.05, 0) is 41.0 Å². The number of benzene rings is 2. The molecule has 0 saturated heterocycles. The largest absolute Gasteiger partial charge is 0.481 e. The van der Waals surface area contributed by atoms with Crippen LogP contribution in [0.3, 0.4) is 0 Å². The number of aliphatic carboxylic acids is 1. The zero-order valence-corrected chi connectivity index (χ0v) is 18.8. The fourth-order valence-electron chi connectivity index (χ4n) is 4.99. The van der Waals surface area contributed by atoms with Crippen molar-refractivity contribution in [3.8, 4) is 11.1 Å². The molecule has 3 N–H and O–H groups in total. The number of carbonyl (C=O) groups excluding carboxylic acids is 2. The number of hydrogen-bond acceptors (Lipinski definition) is 4. The zero-order valence-electron chi connectivity index (χ0n) is 18.8. The molecule has 4 rings (SSSR count). The molecule has 2 aromatic carbocycles. The van der Waals surface area contributed by atoms with Crippen LogP contribution in [0.4, 0.5) is 4.79 Å². The van der Waals surface area contributed by atoms with Gasteiger partial charge in [-0.15, -0.1) is 0 Å². The second-order valence-electron chi connectivity index (χ2n) is 9.07. The van der Waals surface area contributed by atoms with E-state index in [1.54, 1.807) is 0 Å². The van der Waals surface area contributed by atoms with Crippen molar-refractivity contribution in [1.29, 1.82) is 0 Å². The van der Waals surface area contributed by atoms with Gasteiger partial charge in [-0.25, -0.2) is 4.79 Å².